The van der Waals surface area contributed by atoms with Crippen molar-refractivity contribution < 1.29 is 28.3 Å². The van der Waals surface area contributed by atoms with Gasteiger partial charge in [0.25, 0.3) is 0 Å². The Hall–Kier alpha value is -2.71. The third-order valence-electron chi connectivity index (χ3n) is 3.67. The number of rotatable bonds is 5. The number of anilines is 1. The van der Waals surface area contributed by atoms with Gasteiger partial charge in [-0.05, 0) is 12.1 Å². The van der Waals surface area contributed by atoms with Crippen LogP contribution in [-0.4, -0.2) is 54.1 Å². The number of hydrogen-bond acceptors (Lipinski definition) is 3. The SMILES string of the molecule is CN(CCC(=O)O)C(=O)NC1CC(=O)N(c2c(F)cccc2F)C1. The molecule has 7 nitrogen and oxygen atoms in total. The fourth-order valence-corrected chi connectivity index (χ4v) is 2.42. The lowest BCUT2D eigenvalue weighted by molar-refractivity contribution is -0.137. The maximum atomic E-state index is 13.8. The molecule has 2 rings (SSSR count). The van der Waals surface area contributed by atoms with Gasteiger partial charge in [0.05, 0.1) is 12.5 Å². The Morgan fingerprint density at radius 3 is 2.58 bits per heavy atom. The number of carbonyl (C=O) groups is 3. The third kappa shape index (κ3) is 3.98. The smallest absolute Gasteiger partial charge is 0.317 e. The number of nitrogens with one attached hydrogen (secondary N) is 1. The highest BCUT2D eigenvalue weighted by Crippen LogP contribution is 2.27. The van der Waals surface area contributed by atoms with Gasteiger partial charge in [0, 0.05) is 26.6 Å². The van der Waals surface area contributed by atoms with Crippen molar-refractivity contribution in [2.75, 3.05) is 25.0 Å². The van der Waals surface area contributed by atoms with Crippen LogP contribution in [0.25, 0.3) is 0 Å². The van der Waals surface area contributed by atoms with E-state index >= 15 is 0 Å². The second kappa shape index (κ2) is 7.24. The molecular weight excluding hydrogens is 324 g/mol. The summed E-state index contributed by atoms with van der Waals surface area (Å²) in [6.45, 7) is -0.0529. The van der Waals surface area contributed by atoms with Gasteiger partial charge in [-0.2, -0.15) is 0 Å². The number of para-hydroxylation sites is 1. The molecule has 1 atom stereocenters. The van der Waals surface area contributed by atoms with Crippen molar-refractivity contribution in [2.45, 2.75) is 18.9 Å². The molecule has 0 radical (unpaired) electrons. The summed E-state index contributed by atoms with van der Waals surface area (Å²) in [4.78, 5) is 36.6. The largest absolute Gasteiger partial charge is 0.481 e. The monoisotopic (exact) mass is 341 g/mol. The Morgan fingerprint density at radius 2 is 2.00 bits per heavy atom. The summed E-state index contributed by atoms with van der Waals surface area (Å²) in [5, 5.41) is 11.2. The van der Waals surface area contributed by atoms with Crippen molar-refractivity contribution in [3.63, 3.8) is 0 Å². The number of hydrogen-bond donors (Lipinski definition) is 2. The van der Waals surface area contributed by atoms with Crippen LogP contribution in [0.3, 0.4) is 0 Å². The number of halogens is 2. The predicted octanol–water partition coefficient (Wildman–Crippen LogP) is 1.19. The Kier molecular flexibility index (Phi) is 5.32. The van der Waals surface area contributed by atoms with Gasteiger partial charge in [-0.25, -0.2) is 13.6 Å². The van der Waals surface area contributed by atoms with Crippen LogP contribution in [0.15, 0.2) is 18.2 Å². The van der Waals surface area contributed by atoms with Gasteiger partial charge in [-0.15, -0.1) is 0 Å². The molecule has 9 heteroatoms. The number of aliphatic carboxylic acids is 1. The Morgan fingerprint density at radius 1 is 1.38 bits per heavy atom. The molecular formula is C15H17F2N3O4. The van der Waals surface area contributed by atoms with Crippen molar-refractivity contribution in [3.8, 4) is 0 Å². The molecule has 1 aromatic carbocycles. The first-order valence-corrected chi connectivity index (χ1v) is 7.27. The minimum Gasteiger partial charge on any atom is -0.481 e. The third-order valence-corrected chi connectivity index (χ3v) is 3.67. The van der Waals surface area contributed by atoms with Gasteiger partial charge in [-0.3, -0.25) is 9.59 Å². The molecule has 0 spiro atoms. The zero-order chi connectivity index (χ0) is 17.9. The van der Waals surface area contributed by atoms with Crippen molar-refractivity contribution >= 4 is 23.6 Å². The van der Waals surface area contributed by atoms with Crippen molar-refractivity contribution in [3.05, 3.63) is 29.8 Å². The van der Waals surface area contributed by atoms with Gasteiger partial charge in [0.1, 0.15) is 17.3 Å². The van der Waals surface area contributed by atoms with Crippen LogP contribution in [0.4, 0.5) is 19.3 Å². The molecule has 2 N–H and O–H groups in total. The summed E-state index contributed by atoms with van der Waals surface area (Å²) >= 11 is 0. The standard InChI is InChI=1S/C15H17F2N3O4/c1-19(6-5-13(22)23)15(24)18-9-7-12(21)20(8-9)14-10(16)3-2-4-11(14)17/h2-4,9H,5-8H2,1H3,(H,18,24)(H,22,23). The van der Waals surface area contributed by atoms with E-state index in [4.69, 9.17) is 5.11 Å². The molecule has 1 fully saturated rings. The van der Waals surface area contributed by atoms with Gasteiger partial charge >= 0.3 is 12.0 Å². The molecule has 0 aromatic heterocycles. The van der Waals surface area contributed by atoms with Gasteiger partial charge < -0.3 is 20.2 Å². The summed E-state index contributed by atoms with van der Waals surface area (Å²) in [6.07, 6.45) is -0.299. The van der Waals surface area contributed by atoms with E-state index in [-0.39, 0.29) is 25.9 Å². The molecule has 1 saturated heterocycles. The van der Waals surface area contributed by atoms with Crippen LogP contribution in [0, 0.1) is 11.6 Å². The molecule has 0 bridgehead atoms. The molecule has 3 amide bonds. The number of carbonyl (C=O) groups excluding carboxylic acids is 2. The Bertz CT molecular complexity index is 648. The van der Waals surface area contributed by atoms with Crippen LogP contribution in [0.2, 0.25) is 0 Å². The summed E-state index contributed by atoms with van der Waals surface area (Å²) in [5.74, 6) is -3.24. The first kappa shape index (κ1) is 17.6. The van der Waals surface area contributed by atoms with Crippen molar-refractivity contribution in [1.82, 2.24) is 10.2 Å². The van der Waals surface area contributed by atoms with E-state index in [1.54, 1.807) is 0 Å². The summed E-state index contributed by atoms with van der Waals surface area (Å²) in [6, 6.07) is 2.14. The van der Waals surface area contributed by atoms with Crippen LogP contribution >= 0.6 is 0 Å². The zero-order valence-electron chi connectivity index (χ0n) is 13.0. The van der Waals surface area contributed by atoms with E-state index in [0.29, 0.717) is 0 Å². The van der Waals surface area contributed by atoms with E-state index < -0.39 is 41.3 Å². The molecule has 1 heterocycles. The summed E-state index contributed by atoms with van der Waals surface area (Å²) in [5.41, 5.74) is -0.432. The quantitative estimate of drug-likeness (QED) is 0.842. The highest BCUT2D eigenvalue weighted by molar-refractivity contribution is 5.97. The van der Waals surface area contributed by atoms with Gasteiger partial charge in [0.15, 0.2) is 0 Å². The predicted molar refractivity (Wildman–Crippen MR) is 80.5 cm³/mol. The zero-order valence-corrected chi connectivity index (χ0v) is 13.0. The molecule has 1 aromatic rings. The summed E-state index contributed by atoms with van der Waals surface area (Å²) in [7, 11) is 1.42. The number of carboxylic acids is 1. The van der Waals surface area contributed by atoms with E-state index in [2.05, 4.69) is 5.32 Å². The van der Waals surface area contributed by atoms with E-state index in [0.717, 1.165) is 17.0 Å². The molecule has 1 aliphatic rings. The highest BCUT2D eigenvalue weighted by atomic mass is 19.1. The summed E-state index contributed by atoms with van der Waals surface area (Å²) < 4.78 is 27.6. The topological polar surface area (TPSA) is 90.0 Å². The molecule has 1 unspecified atom stereocenters. The molecule has 24 heavy (non-hydrogen) atoms. The fraction of sp³-hybridized carbons (Fsp3) is 0.400. The van der Waals surface area contributed by atoms with Crippen LogP contribution < -0.4 is 10.2 Å². The van der Waals surface area contributed by atoms with E-state index in [1.165, 1.54) is 18.0 Å². The lowest BCUT2D eigenvalue weighted by Crippen LogP contribution is -2.44. The van der Waals surface area contributed by atoms with Crippen LogP contribution in [0.5, 0.6) is 0 Å². The number of amides is 3. The lowest BCUT2D eigenvalue weighted by Gasteiger charge is -2.21. The first-order chi connectivity index (χ1) is 11.3. The van der Waals surface area contributed by atoms with Crippen LogP contribution in [-0.2, 0) is 9.59 Å². The average Bonchev–Trinajstić information content (AvgIpc) is 2.85. The number of nitrogens with zero attached hydrogens (tertiary/aromatic N) is 2. The second-order valence-electron chi connectivity index (χ2n) is 5.49. The fourth-order valence-electron chi connectivity index (χ4n) is 2.42. The maximum absolute atomic E-state index is 13.8. The minimum absolute atomic E-state index is 0.00743. The molecule has 130 valence electrons. The van der Waals surface area contributed by atoms with Gasteiger partial charge in [-0.1, -0.05) is 6.07 Å². The van der Waals surface area contributed by atoms with E-state index in [1.807, 2.05) is 0 Å². The first-order valence-electron chi connectivity index (χ1n) is 7.27. The number of benzene rings is 1. The lowest BCUT2D eigenvalue weighted by atomic mass is 10.2. The molecule has 0 saturated carbocycles. The highest BCUT2D eigenvalue weighted by Gasteiger charge is 2.34. The second-order valence-corrected chi connectivity index (χ2v) is 5.49. The minimum atomic E-state index is -1.04. The van der Waals surface area contributed by atoms with Crippen molar-refractivity contribution in [1.29, 1.82) is 0 Å². The Labute approximate surface area is 136 Å². The van der Waals surface area contributed by atoms with Gasteiger partial charge in [0.2, 0.25) is 5.91 Å². The van der Waals surface area contributed by atoms with E-state index in [9.17, 15) is 23.2 Å². The Balaban J connectivity index is 2.00. The van der Waals surface area contributed by atoms with Crippen LogP contribution in [0.1, 0.15) is 12.8 Å². The normalized spacial score (nSPS) is 17.0. The average molecular weight is 341 g/mol. The number of urea groups is 1. The van der Waals surface area contributed by atoms with Crippen molar-refractivity contribution in [2.24, 2.45) is 0 Å². The molecule has 0 aliphatic carbocycles. The molecule has 1 aliphatic heterocycles. The number of carboxylic acid groups (broad SMARTS) is 1. The maximum Gasteiger partial charge on any atom is 0.317 e.